The smallest absolute Gasteiger partial charge is 0.0604 e. The van der Waals surface area contributed by atoms with Gasteiger partial charge in [0.1, 0.15) is 0 Å². The third kappa shape index (κ3) is 3.67. The summed E-state index contributed by atoms with van der Waals surface area (Å²) >= 11 is 0. The van der Waals surface area contributed by atoms with Gasteiger partial charge in [-0.15, -0.1) is 0 Å². The summed E-state index contributed by atoms with van der Waals surface area (Å²) in [4.78, 5) is 2.59. The monoisotopic (exact) mass is 255 g/mol. The van der Waals surface area contributed by atoms with Crippen molar-refractivity contribution in [3.8, 4) is 0 Å². The van der Waals surface area contributed by atoms with Crippen LogP contribution in [0.4, 0.5) is 0 Å². The van der Waals surface area contributed by atoms with E-state index >= 15 is 0 Å². The molecule has 0 radical (unpaired) electrons. The summed E-state index contributed by atoms with van der Waals surface area (Å²) in [6.45, 7) is 13.3. The van der Waals surface area contributed by atoms with Crippen molar-refractivity contribution in [3.63, 3.8) is 0 Å². The molecular formula is C14H29N3O. The van der Waals surface area contributed by atoms with E-state index in [4.69, 9.17) is 4.74 Å². The lowest BCUT2D eigenvalue weighted by Gasteiger charge is -2.44. The van der Waals surface area contributed by atoms with E-state index in [1.165, 1.54) is 25.9 Å². The molecule has 0 spiro atoms. The Kier molecular flexibility index (Phi) is 5.01. The highest BCUT2D eigenvalue weighted by Crippen LogP contribution is 2.24. The van der Waals surface area contributed by atoms with E-state index in [-0.39, 0.29) is 5.54 Å². The molecule has 1 aliphatic heterocycles. The number of hydrogen-bond donors (Lipinski definition) is 2. The summed E-state index contributed by atoms with van der Waals surface area (Å²) in [6, 6.07) is 0.670. The van der Waals surface area contributed by atoms with E-state index in [2.05, 4.69) is 36.3 Å². The van der Waals surface area contributed by atoms with Gasteiger partial charge in [-0.1, -0.05) is 0 Å². The highest BCUT2D eigenvalue weighted by atomic mass is 16.5. The topological polar surface area (TPSA) is 36.5 Å². The van der Waals surface area contributed by atoms with Crippen molar-refractivity contribution in [3.05, 3.63) is 0 Å². The van der Waals surface area contributed by atoms with E-state index in [1.54, 1.807) is 0 Å². The van der Waals surface area contributed by atoms with Crippen LogP contribution >= 0.6 is 0 Å². The van der Waals surface area contributed by atoms with Crippen LogP contribution in [0.5, 0.6) is 0 Å². The van der Waals surface area contributed by atoms with Crippen molar-refractivity contribution >= 4 is 0 Å². The second-order valence-corrected chi connectivity index (χ2v) is 6.18. The van der Waals surface area contributed by atoms with Crippen LogP contribution in [-0.2, 0) is 4.74 Å². The minimum absolute atomic E-state index is 0.263. The van der Waals surface area contributed by atoms with Crippen molar-refractivity contribution in [1.82, 2.24) is 15.5 Å². The van der Waals surface area contributed by atoms with E-state index in [0.717, 1.165) is 26.2 Å². The Morgan fingerprint density at radius 3 is 2.56 bits per heavy atom. The van der Waals surface area contributed by atoms with E-state index in [1.807, 2.05) is 0 Å². The molecule has 0 aromatic heterocycles. The number of ether oxygens (including phenoxy) is 1. The highest BCUT2D eigenvalue weighted by Gasteiger charge is 2.33. The number of hydrogen-bond acceptors (Lipinski definition) is 4. The molecule has 2 N–H and O–H groups in total. The number of rotatable bonds is 6. The van der Waals surface area contributed by atoms with E-state index in [0.29, 0.717) is 12.1 Å². The summed E-state index contributed by atoms with van der Waals surface area (Å²) in [6.07, 6.45) is 2.88. The van der Waals surface area contributed by atoms with E-state index < -0.39 is 0 Å². The molecule has 0 aromatic rings. The standard InChI is InChI=1S/C14H29N3O/c1-4-18-13-9-12(10-13)16-11-14(2,3)17-7-5-15-6-8-17/h12-13,15-16H,4-11H2,1-3H3. The zero-order chi connectivity index (χ0) is 13.0. The van der Waals surface area contributed by atoms with Crippen LogP contribution in [-0.4, -0.2) is 61.9 Å². The summed E-state index contributed by atoms with van der Waals surface area (Å²) in [7, 11) is 0. The zero-order valence-corrected chi connectivity index (χ0v) is 12.2. The van der Waals surface area contributed by atoms with Crippen LogP contribution in [0.3, 0.4) is 0 Å². The Morgan fingerprint density at radius 1 is 1.28 bits per heavy atom. The minimum Gasteiger partial charge on any atom is -0.378 e. The van der Waals surface area contributed by atoms with Crippen molar-refractivity contribution in [2.75, 3.05) is 39.3 Å². The van der Waals surface area contributed by atoms with Gasteiger partial charge in [0, 0.05) is 50.9 Å². The van der Waals surface area contributed by atoms with Gasteiger partial charge in [-0.2, -0.15) is 0 Å². The van der Waals surface area contributed by atoms with Gasteiger partial charge in [-0.25, -0.2) is 0 Å². The fraction of sp³-hybridized carbons (Fsp3) is 1.00. The molecule has 18 heavy (non-hydrogen) atoms. The molecule has 0 atom stereocenters. The van der Waals surface area contributed by atoms with Gasteiger partial charge in [0.05, 0.1) is 6.10 Å². The predicted molar refractivity (Wildman–Crippen MR) is 75.0 cm³/mol. The van der Waals surface area contributed by atoms with Gasteiger partial charge in [-0.3, -0.25) is 4.90 Å². The first-order valence-electron chi connectivity index (χ1n) is 7.42. The average Bonchev–Trinajstić information content (AvgIpc) is 2.33. The molecule has 1 saturated heterocycles. The van der Waals surface area contributed by atoms with Crippen LogP contribution in [0.25, 0.3) is 0 Å². The summed E-state index contributed by atoms with van der Waals surface area (Å²) in [5.74, 6) is 0. The quantitative estimate of drug-likeness (QED) is 0.737. The van der Waals surface area contributed by atoms with Crippen molar-refractivity contribution in [2.45, 2.75) is 51.3 Å². The molecule has 1 aliphatic carbocycles. The lowest BCUT2D eigenvalue weighted by atomic mass is 9.88. The van der Waals surface area contributed by atoms with Gasteiger partial charge < -0.3 is 15.4 Å². The molecule has 0 amide bonds. The van der Waals surface area contributed by atoms with Crippen LogP contribution in [0.15, 0.2) is 0 Å². The first-order valence-corrected chi connectivity index (χ1v) is 7.42. The van der Waals surface area contributed by atoms with Crippen LogP contribution < -0.4 is 10.6 Å². The van der Waals surface area contributed by atoms with Crippen LogP contribution in [0.2, 0.25) is 0 Å². The maximum absolute atomic E-state index is 5.60. The molecule has 2 aliphatic rings. The summed E-state index contributed by atoms with van der Waals surface area (Å²) < 4.78 is 5.60. The average molecular weight is 255 g/mol. The lowest BCUT2D eigenvalue weighted by Crippen LogP contribution is -2.59. The number of nitrogens with one attached hydrogen (secondary N) is 2. The Bertz CT molecular complexity index is 245. The molecule has 1 heterocycles. The zero-order valence-electron chi connectivity index (χ0n) is 12.2. The minimum atomic E-state index is 0.263. The van der Waals surface area contributed by atoms with Crippen molar-refractivity contribution in [2.24, 2.45) is 0 Å². The largest absolute Gasteiger partial charge is 0.378 e. The summed E-state index contributed by atoms with van der Waals surface area (Å²) in [5.41, 5.74) is 0.263. The van der Waals surface area contributed by atoms with E-state index in [9.17, 15) is 0 Å². The Hall–Kier alpha value is -0.160. The Morgan fingerprint density at radius 2 is 1.94 bits per heavy atom. The molecule has 0 unspecified atom stereocenters. The fourth-order valence-electron chi connectivity index (χ4n) is 2.88. The maximum Gasteiger partial charge on any atom is 0.0604 e. The number of piperazine rings is 1. The lowest BCUT2D eigenvalue weighted by molar-refractivity contribution is -0.0139. The van der Waals surface area contributed by atoms with Gasteiger partial charge in [0.15, 0.2) is 0 Å². The molecule has 0 aromatic carbocycles. The second kappa shape index (κ2) is 6.33. The molecule has 4 heteroatoms. The second-order valence-electron chi connectivity index (χ2n) is 6.18. The first-order chi connectivity index (χ1) is 8.62. The molecule has 106 valence electrons. The number of nitrogens with zero attached hydrogens (tertiary/aromatic N) is 1. The predicted octanol–water partition coefficient (Wildman–Crippen LogP) is 0.827. The molecule has 0 bridgehead atoms. The maximum atomic E-state index is 5.60. The van der Waals surface area contributed by atoms with Gasteiger partial charge >= 0.3 is 0 Å². The van der Waals surface area contributed by atoms with Gasteiger partial charge in [0.2, 0.25) is 0 Å². The van der Waals surface area contributed by atoms with Gasteiger partial charge in [-0.05, 0) is 33.6 Å². The summed E-state index contributed by atoms with van der Waals surface area (Å²) in [5, 5.41) is 7.12. The Balaban J connectivity index is 1.66. The molecule has 4 nitrogen and oxygen atoms in total. The van der Waals surface area contributed by atoms with Gasteiger partial charge in [0.25, 0.3) is 0 Å². The SMILES string of the molecule is CCOC1CC(NCC(C)(C)N2CCNCC2)C1. The molecule has 1 saturated carbocycles. The normalized spacial score (nSPS) is 30.2. The van der Waals surface area contributed by atoms with Crippen molar-refractivity contribution in [1.29, 1.82) is 0 Å². The van der Waals surface area contributed by atoms with Crippen LogP contribution in [0, 0.1) is 0 Å². The molecular weight excluding hydrogens is 226 g/mol. The third-order valence-electron chi connectivity index (χ3n) is 4.29. The molecule has 2 fully saturated rings. The highest BCUT2D eigenvalue weighted by molar-refractivity contribution is 4.91. The fourth-order valence-corrected chi connectivity index (χ4v) is 2.88. The first kappa shape index (κ1) is 14.3. The third-order valence-corrected chi connectivity index (χ3v) is 4.29. The molecule has 2 rings (SSSR count). The Labute approximate surface area is 111 Å². The van der Waals surface area contributed by atoms with Crippen molar-refractivity contribution < 1.29 is 4.74 Å². The van der Waals surface area contributed by atoms with Crippen LogP contribution in [0.1, 0.15) is 33.6 Å².